The predicted molar refractivity (Wildman–Crippen MR) is 70.8 cm³/mol. The number of anilines is 1. The average Bonchev–Trinajstić information content (AvgIpc) is 2.67. The van der Waals surface area contributed by atoms with Gasteiger partial charge in [0.1, 0.15) is 0 Å². The number of hydrogen-bond acceptors (Lipinski definition) is 2. The van der Waals surface area contributed by atoms with E-state index < -0.39 is 5.82 Å². The highest BCUT2D eigenvalue weighted by Gasteiger charge is 2.06. The first kappa shape index (κ1) is 11.9. The molecule has 0 fully saturated rings. The van der Waals surface area contributed by atoms with E-state index in [0.29, 0.717) is 12.2 Å². The van der Waals surface area contributed by atoms with Gasteiger partial charge in [-0.3, -0.25) is 0 Å². The van der Waals surface area contributed by atoms with E-state index in [1.165, 1.54) is 6.07 Å². The lowest BCUT2D eigenvalue weighted by molar-refractivity contribution is 0.630. The minimum Gasteiger partial charge on any atom is -0.378 e. The fraction of sp³-hybridized carbons (Fsp3) is 0.0909. The molecule has 0 bridgehead atoms. The van der Waals surface area contributed by atoms with Gasteiger partial charge >= 0.3 is 0 Å². The van der Waals surface area contributed by atoms with Crippen LogP contribution in [0.4, 0.5) is 10.1 Å². The molecule has 5 heteroatoms. The molecular weight excluding hydrogens is 313 g/mol. The summed E-state index contributed by atoms with van der Waals surface area (Å²) in [7, 11) is 0. The van der Waals surface area contributed by atoms with Crippen molar-refractivity contribution in [1.82, 2.24) is 0 Å². The van der Waals surface area contributed by atoms with Gasteiger partial charge in [0, 0.05) is 9.35 Å². The van der Waals surface area contributed by atoms with Crippen LogP contribution in [0.15, 0.2) is 34.1 Å². The largest absolute Gasteiger partial charge is 0.378 e. The average molecular weight is 321 g/mol. The van der Waals surface area contributed by atoms with Crippen LogP contribution in [0.3, 0.4) is 0 Å². The van der Waals surface area contributed by atoms with Crippen molar-refractivity contribution in [2.45, 2.75) is 6.54 Å². The van der Waals surface area contributed by atoms with Gasteiger partial charge in [-0.1, -0.05) is 17.7 Å². The molecule has 0 radical (unpaired) electrons. The minimum absolute atomic E-state index is 0.134. The summed E-state index contributed by atoms with van der Waals surface area (Å²) in [6, 6.07) is 6.89. The first-order chi connectivity index (χ1) is 7.68. The zero-order valence-electron chi connectivity index (χ0n) is 8.14. The van der Waals surface area contributed by atoms with Crippen LogP contribution in [0.2, 0.25) is 5.02 Å². The molecule has 1 nitrogen and oxygen atoms in total. The number of benzene rings is 1. The van der Waals surface area contributed by atoms with Crippen molar-refractivity contribution >= 4 is 44.6 Å². The van der Waals surface area contributed by atoms with Crippen molar-refractivity contribution in [3.05, 3.63) is 49.8 Å². The summed E-state index contributed by atoms with van der Waals surface area (Å²) >= 11 is 10.7. The van der Waals surface area contributed by atoms with Crippen molar-refractivity contribution < 1.29 is 4.39 Å². The standard InChI is InChI=1S/C11H8BrClFNS/c12-7-4-5-16-10(7)6-15-9-3-1-2-8(13)11(9)14/h1-5,15H,6H2. The second-order valence-electron chi connectivity index (χ2n) is 3.15. The van der Waals surface area contributed by atoms with Crippen LogP contribution in [0.1, 0.15) is 4.88 Å². The van der Waals surface area contributed by atoms with Gasteiger partial charge in [-0.25, -0.2) is 4.39 Å². The summed E-state index contributed by atoms with van der Waals surface area (Å²) in [5.74, 6) is -0.406. The molecule has 84 valence electrons. The van der Waals surface area contributed by atoms with Crippen molar-refractivity contribution in [2.24, 2.45) is 0 Å². The van der Waals surface area contributed by atoms with Crippen LogP contribution in [0.5, 0.6) is 0 Å². The quantitative estimate of drug-likeness (QED) is 0.847. The zero-order chi connectivity index (χ0) is 11.5. The third-order valence-electron chi connectivity index (χ3n) is 2.08. The molecule has 1 heterocycles. The predicted octanol–water partition coefficient (Wildman–Crippen LogP) is 4.92. The summed E-state index contributed by atoms with van der Waals surface area (Å²) in [4.78, 5) is 1.12. The number of rotatable bonds is 3. The monoisotopic (exact) mass is 319 g/mol. The van der Waals surface area contributed by atoms with Crippen LogP contribution in [-0.2, 0) is 6.54 Å². The van der Waals surface area contributed by atoms with E-state index in [9.17, 15) is 4.39 Å². The normalized spacial score (nSPS) is 10.4. The molecular formula is C11H8BrClFNS. The molecule has 1 N–H and O–H groups in total. The van der Waals surface area contributed by atoms with E-state index in [0.717, 1.165) is 9.35 Å². The molecule has 0 saturated carbocycles. The highest BCUT2D eigenvalue weighted by Crippen LogP contribution is 2.26. The highest BCUT2D eigenvalue weighted by atomic mass is 79.9. The molecule has 0 amide bonds. The smallest absolute Gasteiger partial charge is 0.164 e. The molecule has 0 spiro atoms. The second-order valence-corrected chi connectivity index (χ2v) is 5.41. The summed E-state index contributed by atoms with van der Waals surface area (Å²) in [6.45, 7) is 0.579. The van der Waals surface area contributed by atoms with E-state index in [1.807, 2.05) is 11.4 Å². The molecule has 1 aromatic heterocycles. The van der Waals surface area contributed by atoms with Gasteiger partial charge in [-0.15, -0.1) is 11.3 Å². The van der Waals surface area contributed by atoms with Crippen LogP contribution in [0.25, 0.3) is 0 Å². The number of nitrogens with one attached hydrogen (secondary N) is 1. The lowest BCUT2D eigenvalue weighted by Crippen LogP contribution is -2.00. The molecule has 0 unspecified atom stereocenters. The molecule has 0 aliphatic rings. The summed E-state index contributed by atoms with van der Waals surface area (Å²) in [6.07, 6.45) is 0. The lowest BCUT2D eigenvalue weighted by atomic mass is 10.3. The maximum Gasteiger partial charge on any atom is 0.164 e. The van der Waals surface area contributed by atoms with E-state index >= 15 is 0 Å². The highest BCUT2D eigenvalue weighted by molar-refractivity contribution is 9.10. The van der Waals surface area contributed by atoms with Gasteiger partial charge in [-0.05, 0) is 39.5 Å². The molecule has 2 aromatic rings. The SMILES string of the molecule is Fc1c(Cl)cccc1NCc1sccc1Br. The van der Waals surface area contributed by atoms with Gasteiger partial charge in [0.15, 0.2) is 5.82 Å². The topological polar surface area (TPSA) is 12.0 Å². The Bertz CT molecular complexity index is 500. The van der Waals surface area contributed by atoms with Gasteiger partial charge in [0.25, 0.3) is 0 Å². The lowest BCUT2D eigenvalue weighted by Gasteiger charge is -2.07. The third-order valence-corrected chi connectivity index (χ3v) is 4.30. The first-order valence-electron chi connectivity index (χ1n) is 4.58. The Morgan fingerprint density at radius 1 is 1.38 bits per heavy atom. The fourth-order valence-electron chi connectivity index (χ4n) is 1.27. The van der Waals surface area contributed by atoms with Crippen LogP contribution < -0.4 is 5.32 Å². The van der Waals surface area contributed by atoms with Crippen molar-refractivity contribution in [2.75, 3.05) is 5.32 Å². The Morgan fingerprint density at radius 3 is 2.88 bits per heavy atom. The summed E-state index contributed by atoms with van der Waals surface area (Å²) in [5, 5.41) is 5.13. The van der Waals surface area contributed by atoms with E-state index in [-0.39, 0.29) is 5.02 Å². The second kappa shape index (κ2) is 5.17. The Hall–Kier alpha value is -0.580. The molecule has 0 aliphatic carbocycles. The molecule has 1 aromatic carbocycles. The van der Waals surface area contributed by atoms with Gasteiger partial charge < -0.3 is 5.32 Å². The van der Waals surface area contributed by atoms with Gasteiger partial charge in [0.2, 0.25) is 0 Å². The van der Waals surface area contributed by atoms with Crippen molar-refractivity contribution in [1.29, 1.82) is 0 Å². The van der Waals surface area contributed by atoms with Crippen molar-refractivity contribution in [3.63, 3.8) is 0 Å². The Kier molecular flexibility index (Phi) is 3.84. The number of halogens is 3. The fourth-order valence-corrected chi connectivity index (χ4v) is 2.87. The van der Waals surface area contributed by atoms with Crippen LogP contribution in [0, 0.1) is 5.82 Å². The molecule has 2 rings (SSSR count). The molecule has 0 atom stereocenters. The van der Waals surface area contributed by atoms with Crippen molar-refractivity contribution in [3.8, 4) is 0 Å². The Balaban J connectivity index is 2.11. The maximum absolute atomic E-state index is 13.5. The van der Waals surface area contributed by atoms with Gasteiger partial charge in [-0.2, -0.15) is 0 Å². The van der Waals surface area contributed by atoms with E-state index in [2.05, 4.69) is 21.2 Å². The van der Waals surface area contributed by atoms with Crippen LogP contribution >= 0.6 is 38.9 Å². The van der Waals surface area contributed by atoms with E-state index in [4.69, 9.17) is 11.6 Å². The number of thiophene rings is 1. The summed E-state index contributed by atoms with van der Waals surface area (Å²) < 4.78 is 14.6. The minimum atomic E-state index is -0.406. The maximum atomic E-state index is 13.5. The third kappa shape index (κ3) is 2.56. The first-order valence-corrected chi connectivity index (χ1v) is 6.63. The Morgan fingerprint density at radius 2 is 2.19 bits per heavy atom. The molecule has 0 saturated heterocycles. The Labute approximate surface area is 110 Å². The number of hydrogen-bond donors (Lipinski definition) is 1. The van der Waals surface area contributed by atoms with Gasteiger partial charge in [0.05, 0.1) is 17.3 Å². The van der Waals surface area contributed by atoms with Crippen LogP contribution in [-0.4, -0.2) is 0 Å². The summed E-state index contributed by atoms with van der Waals surface area (Å²) in [5.41, 5.74) is 0.424. The molecule has 0 aliphatic heterocycles. The molecule has 16 heavy (non-hydrogen) atoms. The zero-order valence-corrected chi connectivity index (χ0v) is 11.3. The van der Waals surface area contributed by atoms with E-state index in [1.54, 1.807) is 23.5 Å².